The van der Waals surface area contributed by atoms with E-state index in [0.29, 0.717) is 0 Å². The number of nitro groups is 1. The molecule has 0 spiro atoms. The Balaban J connectivity index is 0.00000338. The van der Waals surface area contributed by atoms with Gasteiger partial charge in [0.05, 0.1) is 17.1 Å². The molecular formula is C12H19N2O11P. The molecule has 2 rings (SSSR count). The number of hydrogen-bond donors (Lipinski definition) is 6. The first kappa shape index (κ1) is 22.4. The predicted octanol–water partition coefficient (Wildman–Crippen LogP) is -1.98. The van der Waals surface area contributed by atoms with E-state index in [1.807, 2.05) is 0 Å². The Morgan fingerprint density at radius 2 is 1.50 bits per heavy atom. The molecule has 0 amide bonds. The van der Waals surface area contributed by atoms with Crippen LogP contribution in [0, 0.1) is 10.1 Å². The van der Waals surface area contributed by atoms with Gasteiger partial charge in [0, 0.05) is 12.1 Å². The molecule has 1 aliphatic rings. The van der Waals surface area contributed by atoms with Crippen LogP contribution < -0.4 is 15.8 Å². The number of aliphatic hydroxyl groups excluding tert-OH is 4. The van der Waals surface area contributed by atoms with Crippen molar-refractivity contribution in [2.45, 2.75) is 36.6 Å². The van der Waals surface area contributed by atoms with Gasteiger partial charge in [-0.25, -0.2) is 4.57 Å². The van der Waals surface area contributed by atoms with Crippen LogP contribution in [0.15, 0.2) is 24.3 Å². The van der Waals surface area contributed by atoms with Crippen molar-refractivity contribution in [3.05, 3.63) is 34.4 Å². The second kappa shape index (κ2) is 8.35. The average Bonchev–Trinajstić information content (AvgIpc) is 2.55. The van der Waals surface area contributed by atoms with Crippen molar-refractivity contribution in [2.75, 3.05) is 0 Å². The van der Waals surface area contributed by atoms with Crippen molar-refractivity contribution in [3.8, 4) is 5.75 Å². The summed E-state index contributed by atoms with van der Waals surface area (Å²) < 4.78 is 21.1. The Kier molecular flexibility index (Phi) is 7.18. The Labute approximate surface area is 146 Å². The molecule has 1 aliphatic carbocycles. The second-order valence-corrected chi connectivity index (χ2v) is 6.64. The van der Waals surface area contributed by atoms with Gasteiger partial charge in [0.1, 0.15) is 24.1 Å². The summed E-state index contributed by atoms with van der Waals surface area (Å²) in [4.78, 5) is 19.5. The zero-order chi connectivity index (χ0) is 18.9. The van der Waals surface area contributed by atoms with Crippen molar-refractivity contribution < 1.29 is 49.0 Å². The fourth-order valence-electron chi connectivity index (χ4n) is 2.24. The molecule has 148 valence electrons. The third-order valence-corrected chi connectivity index (χ3v) is 4.52. The summed E-state index contributed by atoms with van der Waals surface area (Å²) >= 11 is 0. The first-order chi connectivity index (χ1) is 11.5. The minimum absolute atomic E-state index is 0. The highest BCUT2D eigenvalue weighted by molar-refractivity contribution is 7.47. The number of phosphoric acid groups is 1. The van der Waals surface area contributed by atoms with Gasteiger partial charge in [-0.1, -0.05) is 6.10 Å². The molecular weight excluding hydrogens is 379 g/mol. The standard InChI is InChI=1S/C12H15NO11P.H3N/c14-7-8(15)10(17)12(11(18)9(7)16)24-25(21,22)23-6-3-1-5(2-4-6)13(19)20;/h1-4,7-12,14-17H,(H,21,22);1H3/q-1;/p+1. The van der Waals surface area contributed by atoms with E-state index in [4.69, 9.17) is 0 Å². The number of hydrogen-bond acceptors (Lipinski definition) is 10. The molecule has 14 heteroatoms. The van der Waals surface area contributed by atoms with Gasteiger partial charge in [0.2, 0.25) is 0 Å². The van der Waals surface area contributed by atoms with Gasteiger partial charge in [-0.15, -0.1) is 0 Å². The quantitative estimate of drug-likeness (QED) is 0.180. The van der Waals surface area contributed by atoms with Crippen LogP contribution >= 0.6 is 7.82 Å². The molecule has 9 N–H and O–H groups in total. The predicted molar refractivity (Wildman–Crippen MR) is 82.2 cm³/mol. The number of non-ortho nitro benzene ring substituents is 1. The van der Waals surface area contributed by atoms with Crippen molar-refractivity contribution in [3.63, 3.8) is 0 Å². The number of aliphatic hydroxyl groups is 4. The number of quaternary nitrogens is 1. The summed E-state index contributed by atoms with van der Waals surface area (Å²) in [5, 5.41) is 60.5. The Morgan fingerprint density at radius 1 is 1.00 bits per heavy atom. The van der Waals surface area contributed by atoms with E-state index < -0.39 is 49.4 Å². The SMILES string of the molecule is O=[N+]([O-])c1ccc(OP(=O)(O)OC2C([O-])C(O)C(O)C(O)C2O)cc1.[NH4+]. The lowest BCUT2D eigenvalue weighted by Crippen LogP contribution is -2.68. The van der Waals surface area contributed by atoms with E-state index in [2.05, 4.69) is 9.05 Å². The van der Waals surface area contributed by atoms with Gasteiger partial charge < -0.3 is 36.2 Å². The van der Waals surface area contributed by atoms with Crippen molar-refractivity contribution >= 4 is 13.5 Å². The van der Waals surface area contributed by atoms with Crippen LogP contribution in [0.25, 0.3) is 0 Å². The summed E-state index contributed by atoms with van der Waals surface area (Å²) in [7, 11) is -5.00. The number of nitro benzene ring substituents is 1. The van der Waals surface area contributed by atoms with Crippen LogP contribution in [0.1, 0.15) is 0 Å². The fraction of sp³-hybridized carbons (Fsp3) is 0.500. The van der Waals surface area contributed by atoms with E-state index in [9.17, 15) is 45.1 Å². The van der Waals surface area contributed by atoms with Gasteiger partial charge in [-0.3, -0.25) is 19.5 Å². The van der Waals surface area contributed by atoms with Crippen LogP contribution in [0.2, 0.25) is 0 Å². The fourth-order valence-corrected chi connectivity index (χ4v) is 3.22. The minimum atomic E-state index is -5.00. The topological polar surface area (TPSA) is 239 Å². The molecule has 13 nitrogen and oxygen atoms in total. The van der Waals surface area contributed by atoms with E-state index in [1.54, 1.807) is 0 Å². The Morgan fingerprint density at radius 3 is 2.00 bits per heavy atom. The maximum Gasteiger partial charge on any atom is 0.527 e. The minimum Gasteiger partial charge on any atom is -0.848 e. The highest BCUT2D eigenvalue weighted by atomic mass is 31.2. The van der Waals surface area contributed by atoms with Crippen LogP contribution in [0.3, 0.4) is 0 Å². The molecule has 26 heavy (non-hydrogen) atoms. The maximum atomic E-state index is 12.0. The first-order valence-corrected chi connectivity index (χ1v) is 8.36. The molecule has 0 aliphatic heterocycles. The molecule has 0 radical (unpaired) electrons. The summed E-state index contributed by atoms with van der Waals surface area (Å²) in [6.07, 6.45) is -12.3. The van der Waals surface area contributed by atoms with Crippen LogP contribution in [-0.2, 0) is 9.09 Å². The second-order valence-electron chi connectivity index (χ2n) is 5.31. The number of rotatable bonds is 5. The molecule has 1 fully saturated rings. The lowest BCUT2D eigenvalue weighted by molar-refractivity contribution is -0.473. The summed E-state index contributed by atoms with van der Waals surface area (Å²) in [6, 6.07) is 3.99. The molecule has 7 unspecified atom stereocenters. The Bertz CT molecular complexity index is 656. The number of benzene rings is 1. The van der Waals surface area contributed by atoms with Crippen LogP contribution in [-0.4, -0.2) is 66.9 Å². The maximum absolute atomic E-state index is 12.0. The Hall–Kier alpha value is -1.67. The van der Waals surface area contributed by atoms with E-state index >= 15 is 0 Å². The molecule has 1 aromatic rings. The molecule has 0 aromatic heterocycles. The van der Waals surface area contributed by atoms with Crippen molar-refractivity contribution in [2.24, 2.45) is 0 Å². The summed E-state index contributed by atoms with van der Waals surface area (Å²) in [5.74, 6) is -0.301. The van der Waals surface area contributed by atoms with Gasteiger partial charge in [0.25, 0.3) is 5.69 Å². The third-order valence-electron chi connectivity index (χ3n) is 3.57. The molecule has 0 saturated heterocycles. The van der Waals surface area contributed by atoms with E-state index in [1.165, 1.54) is 0 Å². The highest BCUT2D eigenvalue weighted by Gasteiger charge is 2.47. The highest BCUT2D eigenvalue weighted by Crippen LogP contribution is 2.47. The van der Waals surface area contributed by atoms with Crippen LogP contribution in [0.5, 0.6) is 5.75 Å². The zero-order valence-electron chi connectivity index (χ0n) is 13.4. The van der Waals surface area contributed by atoms with Crippen molar-refractivity contribution in [1.82, 2.24) is 6.15 Å². The molecule has 0 bridgehead atoms. The van der Waals surface area contributed by atoms with E-state index in [-0.39, 0.29) is 17.6 Å². The van der Waals surface area contributed by atoms with Crippen LogP contribution in [0.4, 0.5) is 5.69 Å². The molecule has 1 saturated carbocycles. The van der Waals surface area contributed by atoms with E-state index in [0.717, 1.165) is 24.3 Å². The lowest BCUT2D eigenvalue weighted by Gasteiger charge is -2.47. The molecule has 0 heterocycles. The first-order valence-electron chi connectivity index (χ1n) is 6.87. The largest absolute Gasteiger partial charge is 0.848 e. The number of nitrogens with zero attached hydrogens (tertiary/aromatic N) is 1. The molecule has 1 aromatic carbocycles. The normalized spacial score (nSPS) is 33.6. The number of phosphoric ester groups is 1. The van der Waals surface area contributed by atoms with Crippen molar-refractivity contribution in [1.29, 1.82) is 0 Å². The smallest absolute Gasteiger partial charge is 0.527 e. The van der Waals surface area contributed by atoms with Gasteiger partial charge in [-0.05, 0) is 12.1 Å². The zero-order valence-corrected chi connectivity index (χ0v) is 14.2. The van der Waals surface area contributed by atoms with Gasteiger partial charge in [-0.2, -0.15) is 0 Å². The summed E-state index contributed by atoms with van der Waals surface area (Å²) in [5.41, 5.74) is -0.302. The summed E-state index contributed by atoms with van der Waals surface area (Å²) in [6.45, 7) is 0. The molecule has 7 atom stereocenters. The lowest BCUT2D eigenvalue weighted by atomic mass is 9.85. The average molecular weight is 398 g/mol. The van der Waals surface area contributed by atoms with Gasteiger partial charge >= 0.3 is 7.82 Å². The van der Waals surface area contributed by atoms with Gasteiger partial charge in [0.15, 0.2) is 0 Å². The monoisotopic (exact) mass is 398 g/mol. The third kappa shape index (κ3) is 4.73.